The molecule has 5 nitrogen and oxygen atoms in total. The highest BCUT2D eigenvalue weighted by molar-refractivity contribution is 7.98. The molecule has 2 aromatic carbocycles. The van der Waals surface area contributed by atoms with Gasteiger partial charge >= 0.3 is 0 Å². The Morgan fingerprint density at radius 3 is 2.31 bits per heavy atom. The lowest BCUT2D eigenvalue weighted by Crippen LogP contribution is -2.49. The van der Waals surface area contributed by atoms with E-state index in [2.05, 4.69) is 5.32 Å². The Balaban J connectivity index is 1.94. The number of halogens is 1. The summed E-state index contributed by atoms with van der Waals surface area (Å²) in [5.41, 5.74) is 2.69. The fourth-order valence-electron chi connectivity index (χ4n) is 2.89. The van der Waals surface area contributed by atoms with Gasteiger partial charge in [-0.1, -0.05) is 48.4 Å². The molecule has 0 fully saturated rings. The third-order valence-corrected chi connectivity index (χ3v) is 6.81. The van der Waals surface area contributed by atoms with Gasteiger partial charge in [-0.2, -0.15) is 11.8 Å². The van der Waals surface area contributed by atoms with E-state index in [0.717, 1.165) is 23.3 Å². The summed E-state index contributed by atoms with van der Waals surface area (Å²) in [4.78, 5) is 12.7. The van der Waals surface area contributed by atoms with Crippen LogP contribution in [0.4, 0.5) is 5.69 Å². The number of anilines is 1. The SMILES string of the molecule is CC[C@@H](C(=O)NCCSCc1ccc(Cl)cc1)N(c1ccc(C)cc1)S(C)(=O)=O. The molecule has 0 spiro atoms. The number of carbonyl (C=O) groups excluding carboxylic acids is 1. The summed E-state index contributed by atoms with van der Waals surface area (Å²) in [5.74, 6) is 1.27. The van der Waals surface area contributed by atoms with Gasteiger partial charge in [0.15, 0.2) is 0 Å². The van der Waals surface area contributed by atoms with Gasteiger partial charge in [0, 0.05) is 23.1 Å². The maximum absolute atomic E-state index is 12.7. The summed E-state index contributed by atoms with van der Waals surface area (Å²) >= 11 is 7.58. The summed E-state index contributed by atoms with van der Waals surface area (Å²) in [7, 11) is -3.61. The first-order chi connectivity index (χ1) is 13.7. The predicted molar refractivity (Wildman–Crippen MR) is 123 cm³/mol. The van der Waals surface area contributed by atoms with Crippen molar-refractivity contribution in [2.45, 2.75) is 32.1 Å². The molecule has 0 aliphatic heterocycles. The van der Waals surface area contributed by atoms with E-state index >= 15 is 0 Å². The first-order valence-corrected chi connectivity index (χ1v) is 12.8. The van der Waals surface area contributed by atoms with Crippen molar-refractivity contribution in [3.8, 4) is 0 Å². The first-order valence-electron chi connectivity index (χ1n) is 9.38. The van der Waals surface area contributed by atoms with Crippen LogP contribution in [0.25, 0.3) is 0 Å². The average Bonchev–Trinajstić information content (AvgIpc) is 2.67. The summed E-state index contributed by atoms with van der Waals surface area (Å²) in [6, 6.07) is 14.0. The van der Waals surface area contributed by atoms with E-state index in [1.807, 2.05) is 50.2 Å². The van der Waals surface area contributed by atoms with E-state index in [1.165, 1.54) is 9.87 Å². The number of amides is 1. The van der Waals surface area contributed by atoms with Crippen molar-refractivity contribution in [3.05, 3.63) is 64.7 Å². The van der Waals surface area contributed by atoms with Gasteiger partial charge in [0.1, 0.15) is 6.04 Å². The van der Waals surface area contributed by atoms with E-state index in [0.29, 0.717) is 23.7 Å². The van der Waals surface area contributed by atoms with Crippen molar-refractivity contribution in [1.29, 1.82) is 0 Å². The monoisotopic (exact) mass is 454 g/mol. The molecule has 29 heavy (non-hydrogen) atoms. The highest BCUT2D eigenvalue weighted by atomic mass is 35.5. The fourth-order valence-corrected chi connectivity index (χ4v) is 5.04. The van der Waals surface area contributed by atoms with Gasteiger partial charge in [-0.15, -0.1) is 0 Å². The third kappa shape index (κ3) is 7.24. The Hall–Kier alpha value is -1.70. The highest BCUT2D eigenvalue weighted by Crippen LogP contribution is 2.23. The fraction of sp³-hybridized carbons (Fsp3) is 0.381. The molecule has 0 saturated carbocycles. The molecule has 2 rings (SSSR count). The van der Waals surface area contributed by atoms with Gasteiger partial charge in [-0.05, 0) is 43.2 Å². The molecule has 0 bridgehead atoms. The number of rotatable bonds is 10. The smallest absolute Gasteiger partial charge is 0.243 e. The van der Waals surface area contributed by atoms with Gasteiger partial charge < -0.3 is 5.32 Å². The van der Waals surface area contributed by atoms with Gasteiger partial charge in [0.2, 0.25) is 15.9 Å². The van der Waals surface area contributed by atoms with Crippen LogP contribution >= 0.6 is 23.4 Å². The van der Waals surface area contributed by atoms with Gasteiger partial charge in [0.25, 0.3) is 0 Å². The quantitative estimate of drug-likeness (QED) is 0.545. The average molecular weight is 455 g/mol. The molecule has 8 heteroatoms. The molecule has 1 atom stereocenters. The zero-order valence-electron chi connectivity index (χ0n) is 16.9. The predicted octanol–water partition coefficient (Wildman–Crippen LogP) is 4.24. The van der Waals surface area contributed by atoms with E-state index < -0.39 is 16.1 Å². The van der Waals surface area contributed by atoms with E-state index in [4.69, 9.17) is 11.6 Å². The molecule has 1 N–H and O–H groups in total. The minimum atomic E-state index is -3.61. The standard InChI is InChI=1S/C21H27ClN2O3S2/c1-4-20(24(29(3,26)27)19-11-5-16(2)6-12-19)21(25)23-13-14-28-15-17-7-9-18(22)10-8-17/h5-12,20H,4,13-15H2,1-3H3,(H,23,25)/t20-/m0/s1. The number of aryl methyl sites for hydroxylation is 1. The van der Waals surface area contributed by atoms with Gasteiger partial charge in [-0.25, -0.2) is 8.42 Å². The molecule has 0 unspecified atom stereocenters. The number of hydrogen-bond acceptors (Lipinski definition) is 4. The van der Waals surface area contributed by atoms with Crippen LogP contribution in [0.1, 0.15) is 24.5 Å². The van der Waals surface area contributed by atoms with Crippen LogP contribution in [0, 0.1) is 6.92 Å². The maximum atomic E-state index is 12.7. The molecule has 2 aromatic rings. The number of sulfonamides is 1. The Kier molecular flexibility index (Phi) is 8.86. The zero-order chi connectivity index (χ0) is 21.4. The number of nitrogens with zero attached hydrogens (tertiary/aromatic N) is 1. The lowest BCUT2D eigenvalue weighted by Gasteiger charge is -2.30. The molecule has 1 amide bonds. The number of benzene rings is 2. The molecule has 0 heterocycles. The Bertz CT molecular complexity index is 901. The molecule has 0 aromatic heterocycles. The Labute approximate surface area is 182 Å². The summed E-state index contributed by atoms with van der Waals surface area (Å²) in [6.07, 6.45) is 1.51. The lowest BCUT2D eigenvalue weighted by molar-refractivity contribution is -0.122. The maximum Gasteiger partial charge on any atom is 0.243 e. The van der Waals surface area contributed by atoms with Crippen LogP contribution in [-0.4, -0.2) is 38.9 Å². The second kappa shape index (κ2) is 10.9. The molecular weight excluding hydrogens is 428 g/mol. The van der Waals surface area contributed by atoms with Crippen molar-refractivity contribution in [3.63, 3.8) is 0 Å². The number of nitrogens with one attached hydrogen (secondary N) is 1. The molecule has 158 valence electrons. The van der Waals surface area contributed by atoms with Crippen molar-refractivity contribution in [2.75, 3.05) is 22.9 Å². The van der Waals surface area contributed by atoms with Crippen molar-refractivity contribution >= 4 is 45.0 Å². The highest BCUT2D eigenvalue weighted by Gasteiger charge is 2.31. The first kappa shape index (κ1) is 23.6. The second-order valence-electron chi connectivity index (χ2n) is 6.79. The number of carbonyl (C=O) groups is 1. The third-order valence-electron chi connectivity index (χ3n) is 4.35. The largest absolute Gasteiger partial charge is 0.353 e. The van der Waals surface area contributed by atoms with E-state index in [1.54, 1.807) is 23.9 Å². The number of hydrogen-bond donors (Lipinski definition) is 1. The summed E-state index contributed by atoms with van der Waals surface area (Å²) in [5, 5.41) is 3.58. The van der Waals surface area contributed by atoms with Gasteiger partial charge in [-0.3, -0.25) is 9.10 Å². The summed E-state index contributed by atoms with van der Waals surface area (Å²) in [6.45, 7) is 4.21. The van der Waals surface area contributed by atoms with Crippen molar-refractivity contribution in [1.82, 2.24) is 5.32 Å². The van der Waals surface area contributed by atoms with Crippen LogP contribution < -0.4 is 9.62 Å². The van der Waals surface area contributed by atoms with E-state index in [-0.39, 0.29) is 5.91 Å². The Morgan fingerprint density at radius 1 is 1.14 bits per heavy atom. The Morgan fingerprint density at radius 2 is 1.76 bits per heavy atom. The van der Waals surface area contributed by atoms with E-state index in [9.17, 15) is 13.2 Å². The normalized spacial score (nSPS) is 12.4. The zero-order valence-corrected chi connectivity index (χ0v) is 19.3. The van der Waals surface area contributed by atoms with Crippen LogP contribution in [0.2, 0.25) is 5.02 Å². The summed E-state index contributed by atoms with van der Waals surface area (Å²) < 4.78 is 26.0. The van der Waals surface area contributed by atoms with Crippen molar-refractivity contribution < 1.29 is 13.2 Å². The van der Waals surface area contributed by atoms with Crippen LogP contribution in [0.5, 0.6) is 0 Å². The molecule has 0 radical (unpaired) electrons. The van der Waals surface area contributed by atoms with Crippen LogP contribution in [-0.2, 0) is 20.6 Å². The van der Waals surface area contributed by atoms with Crippen molar-refractivity contribution in [2.24, 2.45) is 0 Å². The second-order valence-corrected chi connectivity index (χ2v) is 10.2. The topological polar surface area (TPSA) is 66.5 Å². The van der Waals surface area contributed by atoms with Gasteiger partial charge in [0.05, 0.1) is 11.9 Å². The number of thioether (sulfide) groups is 1. The lowest BCUT2D eigenvalue weighted by atomic mass is 10.1. The molecule has 0 saturated heterocycles. The molecular formula is C21H27ClN2O3S2. The minimum absolute atomic E-state index is 0.286. The molecule has 0 aliphatic rings. The molecule has 0 aliphatic carbocycles. The van der Waals surface area contributed by atoms with Crippen LogP contribution in [0.15, 0.2) is 48.5 Å². The van der Waals surface area contributed by atoms with Crippen LogP contribution in [0.3, 0.4) is 0 Å². The minimum Gasteiger partial charge on any atom is -0.353 e.